The summed E-state index contributed by atoms with van der Waals surface area (Å²) in [7, 11) is 2.17. The van der Waals surface area contributed by atoms with Gasteiger partial charge in [-0.05, 0) is 36.4 Å². The quantitative estimate of drug-likeness (QED) is 0.587. The number of piperazine rings is 1. The maximum atomic E-state index is 12.6. The summed E-state index contributed by atoms with van der Waals surface area (Å²) in [6.45, 7) is 6.27. The van der Waals surface area contributed by atoms with Crippen molar-refractivity contribution in [3.8, 4) is 5.75 Å². The van der Waals surface area contributed by atoms with E-state index in [0.717, 1.165) is 44.0 Å². The number of carbonyl (C=O) groups excluding carboxylic acids is 1. The lowest BCUT2D eigenvalue weighted by molar-refractivity contribution is 0.0950. The lowest BCUT2D eigenvalue weighted by Crippen LogP contribution is -2.43. The van der Waals surface area contributed by atoms with E-state index in [9.17, 15) is 4.79 Å². The minimum absolute atomic E-state index is 0.108. The topological polar surface area (TPSA) is 57.7 Å². The van der Waals surface area contributed by atoms with Gasteiger partial charge in [0.15, 0.2) is 0 Å². The number of nitrogens with one attached hydrogen (secondary N) is 1. The van der Waals surface area contributed by atoms with E-state index in [-0.39, 0.29) is 5.91 Å². The minimum Gasteiger partial charge on any atom is -0.487 e. The van der Waals surface area contributed by atoms with Crippen LogP contribution >= 0.6 is 11.3 Å². The number of aromatic nitrogens is 1. The monoisotopic (exact) mass is 436 g/mol. The number of hydrogen-bond acceptors (Lipinski definition) is 6. The van der Waals surface area contributed by atoms with Gasteiger partial charge in [-0.3, -0.25) is 9.69 Å². The standard InChI is InChI=1S/C24H28N4O2S/c1-27-8-10-28(11-9-27)15-20-5-2-4-19(12-20)14-25-24(29)21-6-3-7-23(13-21)30-16-22-17-31-18-26-22/h2-7,12-13,17-18H,8-11,14-16H2,1H3,(H,25,29). The van der Waals surface area contributed by atoms with E-state index in [4.69, 9.17) is 4.74 Å². The fourth-order valence-electron chi connectivity index (χ4n) is 3.58. The second-order valence-corrected chi connectivity index (χ2v) is 8.60. The van der Waals surface area contributed by atoms with Crippen LogP contribution in [0, 0.1) is 0 Å². The smallest absolute Gasteiger partial charge is 0.251 e. The van der Waals surface area contributed by atoms with E-state index in [2.05, 4.69) is 51.4 Å². The molecule has 4 rings (SSSR count). The molecule has 2 aromatic carbocycles. The first-order chi connectivity index (χ1) is 15.2. The summed E-state index contributed by atoms with van der Waals surface area (Å²) in [6.07, 6.45) is 0. The summed E-state index contributed by atoms with van der Waals surface area (Å²) in [5, 5.41) is 4.98. The average molecular weight is 437 g/mol. The molecule has 3 aromatic rings. The van der Waals surface area contributed by atoms with E-state index in [1.165, 1.54) is 16.9 Å². The fourth-order valence-corrected chi connectivity index (χ4v) is 4.12. The van der Waals surface area contributed by atoms with Gasteiger partial charge in [-0.2, -0.15) is 0 Å². The third kappa shape index (κ3) is 6.37. The molecule has 1 amide bonds. The average Bonchev–Trinajstić information content (AvgIpc) is 3.32. The van der Waals surface area contributed by atoms with Crippen LogP contribution in [0.15, 0.2) is 59.4 Å². The molecule has 0 aliphatic carbocycles. The fraction of sp³-hybridized carbons (Fsp3) is 0.333. The van der Waals surface area contributed by atoms with E-state index in [1.807, 2.05) is 17.5 Å². The SMILES string of the molecule is CN1CCN(Cc2cccc(CNC(=O)c3cccc(OCc4cscn4)c3)c2)CC1. The van der Waals surface area contributed by atoms with Crippen molar-refractivity contribution >= 4 is 17.2 Å². The highest BCUT2D eigenvalue weighted by Crippen LogP contribution is 2.16. The Hall–Kier alpha value is -2.74. The molecule has 0 spiro atoms. The number of carbonyl (C=O) groups is 1. The minimum atomic E-state index is -0.108. The van der Waals surface area contributed by atoms with Crippen molar-refractivity contribution in [1.29, 1.82) is 0 Å². The molecule has 0 bridgehead atoms. The van der Waals surface area contributed by atoms with Crippen LogP contribution in [0.25, 0.3) is 0 Å². The van der Waals surface area contributed by atoms with Gasteiger partial charge in [0, 0.05) is 50.2 Å². The molecule has 0 unspecified atom stereocenters. The summed E-state index contributed by atoms with van der Waals surface area (Å²) in [4.78, 5) is 21.7. The van der Waals surface area contributed by atoms with Gasteiger partial charge >= 0.3 is 0 Å². The van der Waals surface area contributed by atoms with Crippen LogP contribution in [0.5, 0.6) is 5.75 Å². The number of nitrogens with zero attached hydrogens (tertiary/aromatic N) is 3. The molecule has 6 nitrogen and oxygen atoms in total. The maximum absolute atomic E-state index is 12.6. The molecule has 0 atom stereocenters. The van der Waals surface area contributed by atoms with Gasteiger partial charge in [0.1, 0.15) is 12.4 Å². The normalized spacial score (nSPS) is 15.0. The van der Waals surface area contributed by atoms with Crippen LogP contribution in [0.4, 0.5) is 0 Å². The van der Waals surface area contributed by atoms with Gasteiger partial charge in [0.25, 0.3) is 5.91 Å². The number of rotatable bonds is 8. The Morgan fingerprint density at radius 3 is 2.71 bits per heavy atom. The lowest BCUT2D eigenvalue weighted by atomic mass is 10.1. The van der Waals surface area contributed by atoms with Crippen LogP contribution in [0.1, 0.15) is 27.2 Å². The van der Waals surface area contributed by atoms with Crippen molar-refractivity contribution in [2.24, 2.45) is 0 Å². The zero-order chi connectivity index (χ0) is 21.5. The lowest BCUT2D eigenvalue weighted by Gasteiger charge is -2.32. The zero-order valence-electron chi connectivity index (χ0n) is 17.8. The number of likely N-dealkylation sites (N-methyl/N-ethyl adjacent to an activating group) is 1. The number of ether oxygens (including phenoxy) is 1. The second-order valence-electron chi connectivity index (χ2n) is 7.88. The van der Waals surface area contributed by atoms with Crippen molar-refractivity contribution in [2.45, 2.75) is 19.7 Å². The molecule has 1 fully saturated rings. The van der Waals surface area contributed by atoms with Gasteiger partial charge < -0.3 is 15.0 Å². The largest absolute Gasteiger partial charge is 0.487 e. The van der Waals surface area contributed by atoms with E-state index < -0.39 is 0 Å². The Balaban J connectivity index is 1.30. The Labute approximate surface area is 187 Å². The molecule has 2 heterocycles. The summed E-state index contributed by atoms with van der Waals surface area (Å²) in [5.41, 5.74) is 5.65. The number of benzene rings is 2. The van der Waals surface area contributed by atoms with E-state index in [0.29, 0.717) is 24.5 Å². The van der Waals surface area contributed by atoms with Crippen LogP contribution in [0.2, 0.25) is 0 Å². The Bertz CT molecular complexity index is 985. The molecule has 1 N–H and O–H groups in total. The van der Waals surface area contributed by atoms with Gasteiger partial charge in [-0.15, -0.1) is 11.3 Å². The van der Waals surface area contributed by atoms with Gasteiger partial charge in [0.2, 0.25) is 0 Å². The highest BCUT2D eigenvalue weighted by atomic mass is 32.1. The molecule has 0 saturated carbocycles. The molecule has 0 radical (unpaired) electrons. The Kier molecular flexibility index (Phi) is 7.30. The van der Waals surface area contributed by atoms with Gasteiger partial charge in [0.05, 0.1) is 11.2 Å². The molecule has 1 aliphatic rings. The summed E-state index contributed by atoms with van der Waals surface area (Å²) >= 11 is 1.54. The van der Waals surface area contributed by atoms with Gasteiger partial charge in [-0.25, -0.2) is 4.98 Å². The third-order valence-electron chi connectivity index (χ3n) is 5.41. The van der Waals surface area contributed by atoms with Crippen LogP contribution in [-0.2, 0) is 19.7 Å². The second kappa shape index (κ2) is 10.5. The first-order valence-electron chi connectivity index (χ1n) is 10.5. The predicted octanol–water partition coefficient (Wildman–Crippen LogP) is 3.40. The van der Waals surface area contributed by atoms with Crippen molar-refractivity contribution in [1.82, 2.24) is 20.1 Å². The van der Waals surface area contributed by atoms with Crippen molar-refractivity contribution in [3.63, 3.8) is 0 Å². The van der Waals surface area contributed by atoms with E-state index >= 15 is 0 Å². The number of amides is 1. The van der Waals surface area contributed by atoms with Crippen molar-refractivity contribution < 1.29 is 9.53 Å². The molecular weight excluding hydrogens is 408 g/mol. The molecule has 1 aliphatic heterocycles. The number of hydrogen-bond donors (Lipinski definition) is 1. The first kappa shape index (κ1) is 21.5. The van der Waals surface area contributed by atoms with Crippen molar-refractivity contribution in [2.75, 3.05) is 33.2 Å². The summed E-state index contributed by atoms with van der Waals surface area (Å²) < 4.78 is 5.76. The third-order valence-corrected chi connectivity index (χ3v) is 6.05. The molecule has 162 valence electrons. The van der Waals surface area contributed by atoms with E-state index in [1.54, 1.807) is 17.6 Å². The Morgan fingerprint density at radius 1 is 1.10 bits per heavy atom. The van der Waals surface area contributed by atoms with Crippen molar-refractivity contribution in [3.05, 3.63) is 81.8 Å². The zero-order valence-corrected chi connectivity index (χ0v) is 18.6. The summed E-state index contributed by atoms with van der Waals surface area (Å²) in [6, 6.07) is 15.7. The summed E-state index contributed by atoms with van der Waals surface area (Å²) in [5.74, 6) is 0.554. The Morgan fingerprint density at radius 2 is 1.90 bits per heavy atom. The molecular formula is C24H28N4O2S. The first-order valence-corrected chi connectivity index (χ1v) is 11.5. The van der Waals surface area contributed by atoms with Crippen LogP contribution < -0.4 is 10.1 Å². The maximum Gasteiger partial charge on any atom is 0.251 e. The number of thiazole rings is 1. The molecule has 1 saturated heterocycles. The molecule has 7 heteroatoms. The van der Waals surface area contributed by atoms with Crippen LogP contribution in [-0.4, -0.2) is 53.9 Å². The predicted molar refractivity (Wildman–Crippen MR) is 123 cm³/mol. The highest BCUT2D eigenvalue weighted by molar-refractivity contribution is 7.07. The molecule has 31 heavy (non-hydrogen) atoms. The van der Waals surface area contributed by atoms with Gasteiger partial charge in [-0.1, -0.05) is 30.3 Å². The molecule has 1 aromatic heterocycles. The van der Waals surface area contributed by atoms with Crippen LogP contribution in [0.3, 0.4) is 0 Å². The highest BCUT2D eigenvalue weighted by Gasteiger charge is 2.14.